The zero-order valence-electron chi connectivity index (χ0n) is 18.0. The van der Waals surface area contributed by atoms with Gasteiger partial charge in [-0.2, -0.15) is 13.2 Å². The smallest absolute Gasteiger partial charge is 0.416 e. The summed E-state index contributed by atoms with van der Waals surface area (Å²) in [7, 11) is 0. The van der Waals surface area contributed by atoms with Crippen LogP contribution in [0.4, 0.5) is 13.2 Å². The maximum Gasteiger partial charge on any atom is 0.416 e. The van der Waals surface area contributed by atoms with Crippen LogP contribution in [0.15, 0.2) is 60.4 Å². The Labute approximate surface area is 190 Å². The van der Waals surface area contributed by atoms with Crippen LogP contribution in [0.1, 0.15) is 53.9 Å². The number of amides is 1. The van der Waals surface area contributed by atoms with E-state index >= 15 is 0 Å². The molecule has 5 nitrogen and oxygen atoms in total. The lowest BCUT2D eigenvalue weighted by Gasteiger charge is -2.31. The van der Waals surface area contributed by atoms with E-state index < -0.39 is 18.0 Å². The predicted molar refractivity (Wildman–Crippen MR) is 115 cm³/mol. The standard InChI is InChI=1S/C25H26F3NO4/c26-25(27,28)20-10-8-18(9-11-20)19-12-22(24(31)29-21-2-1-3-21)33-23(13-19)32-15-17-6-4-16(14-30)5-7-17/h4-12,19,21,23,30H,1-3,13-15H2,(H,29,31)/t19-,23+/m0/s1. The summed E-state index contributed by atoms with van der Waals surface area (Å²) in [5, 5.41) is 12.1. The highest BCUT2D eigenvalue weighted by atomic mass is 19.4. The van der Waals surface area contributed by atoms with E-state index in [-0.39, 0.29) is 36.8 Å². The number of benzene rings is 2. The summed E-state index contributed by atoms with van der Waals surface area (Å²) in [6.07, 6.45) is -0.209. The summed E-state index contributed by atoms with van der Waals surface area (Å²) in [4.78, 5) is 12.7. The monoisotopic (exact) mass is 461 g/mol. The molecule has 1 aliphatic heterocycles. The van der Waals surface area contributed by atoms with Gasteiger partial charge >= 0.3 is 6.18 Å². The van der Waals surface area contributed by atoms with Crippen LogP contribution in [-0.4, -0.2) is 23.3 Å². The first-order valence-electron chi connectivity index (χ1n) is 11.0. The van der Waals surface area contributed by atoms with Crippen LogP contribution in [0.5, 0.6) is 0 Å². The molecule has 2 atom stereocenters. The zero-order valence-corrected chi connectivity index (χ0v) is 18.0. The van der Waals surface area contributed by atoms with Gasteiger partial charge < -0.3 is 19.9 Å². The van der Waals surface area contributed by atoms with Crippen molar-refractivity contribution in [2.75, 3.05) is 0 Å². The highest BCUT2D eigenvalue weighted by Crippen LogP contribution is 2.35. The van der Waals surface area contributed by atoms with Crippen molar-refractivity contribution in [3.8, 4) is 0 Å². The minimum atomic E-state index is -4.41. The predicted octanol–water partition coefficient (Wildman–Crippen LogP) is 4.80. The van der Waals surface area contributed by atoms with Gasteiger partial charge in [0.2, 0.25) is 6.29 Å². The van der Waals surface area contributed by atoms with E-state index in [0.29, 0.717) is 12.0 Å². The number of aliphatic hydroxyl groups is 1. The highest BCUT2D eigenvalue weighted by Gasteiger charge is 2.33. The van der Waals surface area contributed by atoms with Gasteiger partial charge in [0, 0.05) is 18.4 Å². The lowest BCUT2D eigenvalue weighted by atomic mass is 9.91. The molecule has 0 saturated heterocycles. The van der Waals surface area contributed by atoms with Gasteiger partial charge in [0.15, 0.2) is 5.76 Å². The van der Waals surface area contributed by atoms with Crippen LogP contribution >= 0.6 is 0 Å². The Hall–Kier alpha value is -2.84. The van der Waals surface area contributed by atoms with Crippen LogP contribution in [-0.2, 0) is 33.7 Å². The summed E-state index contributed by atoms with van der Waals surface area (Å²) >= 11 is 0. The molecule has 1 amide bonds. The maximum atomic E-state index is 12.9. The number of allylic oxidation sites excluding steroid dienone is 1. The second kappa shape index (κ2) is 9.97. The molecule has 0 bridgehead atoms. The normalized spacial score (nSPS) is 21.0. The third kappa shape index (κ3) is 5.94. The third-order valence-electron chi connectivity index (χ3n) is 6.03. The van der Waals surface area contributed by atoms with Crippen molar-refractivity contribution < 1.29 is 32.5 Å². The molecule has 2 N–H and O–H groups in total. The molecule has 0 aromatic heterocycles. The molecular formula is C25H26F3NO4. The average Bonchev–Trinajstić information content (AvgIpc) is 2.79. The van der Waals surface area contributed by atoms with E-state index in [0.717, 1.165) is 42.5 Å². The van der Waals surface area contributed by atoms with Crippen LogP contribution in [0, 0.1) is 0 Å². The first-order valence-corrected chi connectivity index (χ1v) is 11.0. The number of carbonyl (C=O) groups excluding carboxylic acids is 1. The van der Waals surface area contributed by atoms with E-state index in [9.17, 15) is 18.0 Å². The molecule has 1 heterocycles. The molecule has 0 spiro atoms. The van der Waals surface area contributed by atoms with Gasteiger partial charge in [-0.1, -0.05) is 36.4 Å². The summed E-state index contributed by atoms with van der Waals surface area (Å²) in [5.74, 6) is -0.541. The average molecular weight is 461 g/mol. The summed E-state index contributed by atoms with van der Waals surface area (Å²) in [6, 6.07) is 12.3. The zero-order chi connectivity index (χ0) is 23.4. The number of halogens is 3. The van der Waals surface area contributed by atoms with Gasteiger partial charge in [-0.05, 0) is 54.2 Å². The van der Waals surface area contributed by atoms with Gasteiger partial charge in [-0.3, -0.25) is 4.79 Å². The second-order valence-corrected chi connectivity index (χ2v) is 8.43. The van der Waals surface area contributed by atoms with Crippen molar-refractivity contribution in [3.05, 3.63) is 82.6 Å². The van der Waals surface area contributed by atoms with E-state index in [1.807, 2.05) is 12.1 Å². The van der Waals surface area contributed by atoms with E-state index in [1.165, 1.54) is 12.1 Å². The summed E-state index contributed by atoms with van der Waals surface area (Å²) in [6.45, 7) is 0.180. The van der Waals surface area contributed by atoms with Gasteiger partial charge in [0.25, 0.3) is 5.91 Å². The molecule has 1 saturated carbocycles. The Kier molecular flexibility index (Phi) is 7.05. The first-order chi connectivity index (χ1) is 15.8. The van der Waals surface area contributed by atoms with Gasteiger partial charge in [-0.25, -0.2) is 0 Å². The number of alkyl halides is 3. The summed E-state index contributed by atoms with van der Waals surface area (Å²) in [5.41, 5.74) is 1.59. The first kappa shape index (κ1) is 23.3. The maximum absolute atomic E-state index is 12.9. The Balaban J connectivity index is 1.49. The van der Waals surface area contributed by atoms with Crippen LogP contribution < -0.4 is 5.32 Å². The molecule has 2 aromatic rings. The minimum absolute atomic E-state index is 0.0497. The quantitative estimate of drug-likeness (QED) is 0.622. The Morgan fingerprint density at radius 3 is 2.30 bits per heavy atom. The van der Waals surface area contributed by atoms with Crippen molar-refractivity contribution in [1.82, 2.24) is 5.32 Å². The number of carbonyl (C=O) groups is 1. The number of hydrogen-bond donors (Lipinski definition) is 2. The van der Waals surface area contributed by atoms with Gasteiger partial charge in [-0.15, -0.1) is 0 Å². The van der Waals surface area contributed by atoms with Crippen LogP contribution in [0.2, 0.25) is 0 Å². The third-order valence-corrected chi connectivity index (χ3v) is 6.03. The Bertz CT molecular complexity index is 982. The van der Waals surface area contributed by atoms with Crippen LogP contribution in [0.3, 0.4) is 0 Å². The van der Waals surface area contributed by atoms with Crippen molar-refractivity contribution in [3.63, 3.8) is 0 Å². The fraction of sp³-hybridized carbons (Fsp3) is 0.400. The van der Waals surface area contributed by atoms with E-state index in [1.54, 1.807) is 18.2 Å². The molecule has 176 valence electrons. The summed E-state index contributed by atoms with van der Waals surface area (Å²) < 4.78 is 50.6. The van der Waals surface area contributed by atoms with Crippen LogP contribution in [0.25, 0.3) is 0 Å². The Morgan fingerprint density at radius 1 is 1.06 bits per heavy atom. The molecule has 1 fully saturated rings. The highest BCUT2D eigenvalue weighted by molar-refractivity contribution is 5.92. The van der Waals surface area contributed by atoms with Crippen molar-refractivity contribution >= 4 is 5.91 Å². The number of rotatable bonds is 7. The fourth-order valence-electron chi connectivity index (χ4n) is 3.81. The number of aliphatic hydroxyl groups excluding tert-OH is 1. The molecular weight excluding hydrogens is 435 g/mol. The molecule has 8 heteroatoms. The Morgan fingerprint density at radius 2 is 1.73 bits per heavy atom. The fourth-order valence-corrected chi connectivity index (χ4v) is 3.81. The van der Waals surface area contributed by atoms with Gasteiger partial charge in [0.05, 0.1) is 18.8 Å². The van der Waals surface area contributed by atoms with E-state index in [4.69, 9.17) is 14.6 Å². The molecule has 2 aromatic carbocycles. The minimum Gasteiger partial charge on any atom is -0.459 e. The van der Waals surface area contributed by atoms with Crippen molar-refractivity contribution in [2.45, 2.75) is 63.3 Å². The number of nitrogens with one attached hydrogen (secondary N) is 1. The molecule has 33 heavy (non-hydrogen) atoms. The largest absolute Gasteiger partial charge is 0.459 e. The van der Waals surface area contributed by atoms with Gasteiger partial charge in [0.1, 0.15) is 0 Å². The molecule has 2 aliphatic rings. The topological polar surface area (TPSA) is 67.8 Å². The molecule has 4 rings (SSSR count). The van der Waals surface area contributed by atoms with Crippen molar-refractivity contribution in [2.24, 2.45) is 0 Å². The number of ether oxygens (including phenoxy) is 2. The lowest BCUT2D eigenvalue weighted by molar-refractivity contribution is -0.151. The molecule has 1 aliphatic carbocycles. The lowest BCUT2D eigenvalue weighted by Crippen LogP contribution is -2.42. The SMILES string of the molecule is O=C(NC1CCC1)C1=C[C@H](c2ccc(C(F)(F)F)cc2)C[C@H](OCc2ccc(CO)cc2)O1. The number of hydrogen-bond acceptors (Lipinski definition) is 4. The molecule has 0 unspecified atom stereocenters. The van der Waals surface area contributed by atoms with E-state index in [2.05, 4.69) is 5.32 Å². The van der Waals surface area contributed by atoms with Crippen molar-refractivity contribution in [1.29, 1.82) is 0 Å². The second-order valence-electron chi connectivity index (χ2n) is 8.43. The molecule has 0 radical (unpaired) electrons.